The molecule has 1 rings (SSSR count). The molecule has 62 valence electrons. The molecule has 1 N–H and O–H groups in total. The topological polar surface area (TPSA) is 44.0 Å². The van der Waals surface area contributed by atoms with E-state index in [9.17, 15) is 4.39 Å². The summed E-state index contributed by atoms with van der Waals surface area (Å²) < 4.78 is 12.8. The van der Waals surface area contributed by atoms with Crippen LogP contribution in [0.1, 0.15) is 11.1 Å². The van der Waals surface area contributed by atoms with E-state index in [0.29, 0.717) is 0 Å². The molecule has 0 heterocycles. The number of nitriles is 1. The highest BCUT2D eigenvalue weighted by Crippen LogP contribution is 2.10. The number of hydrogen-bond donors (Lipinski definition) is 1. The summed E-state index contributed by atoms with van der Waals surface area (Å²) >= 11 is 0. The Morgan fingerprint density at radius 3 is 2.83 bits per heavy atom. The first-order valence-corrected chi connectivity index (χ1v) is 3.53. The molecule has 0 spiro atoms. The first kappa shape index (κ1) is 8.69. The molecule has 0 aliphatic carbocycles. The first-order chi connectivity index (χ1) is 5.77. The maximum Gasteiger partial charge on any atom is 0.128 e. The molecule has 0 saturated heterocycles. The Morgan fingerprint density at radius 2 is 2.25 bits per heavy atom. The number of nitrogens with zero attached hydrogens (tertiary/aromatic N) is 1. The van der Waals surface area contributed by atoms with Crippen molar-refractivity contribution in [1.82, 2.24) is 0 Å². The minimum atomic E-state index is -0.431. The summed E-state index contributed by atoms with van der Waals surface area (Å²) in [7, 11) is 0. The van der Waals surface area contributed by atoms with E-state index in [2.05, 4.69) is 0 Å². The molecule has 0 amide bonds. The first-order valence-electron chi connectivity index (χ1n) is 3.53. The van der Waals surface area contributed by atoms with Crippen LogP contribution in [0.5, 0.6) is 0 Å². The minimum Gasteiger partial charge on any atom is -0.392 e. The van der Waals surface area contributed by atoms with Crippen LogP contribution in [0, 0.1) is 17.1 Å². The van der Waals surface area contributed by atoms with E-state index in [1.807, 2.05) is 6.07 Å². The van der Waals surface area contributed by atoms with Gasteiger partial charge in [0, 0.05) is 5.56 Å². The number of aliphatic hydroxyl groups excluding tert-OH is 1. The molecular weight excluding hydrogens is 157 g/mol. The molecule has 3 heteroatoms. The van der Waals surface area contributed by atoms with E-state index in [0.717, 1.165) is 5.56 Å². The number of rotatable bonds is 2. The van der Waals surface area contributed by atoms with Gasteiger partial charge in [0.15, 0.2) is 0 Å². The molecule has 2 nitrogen and oxygen atoms in total. The normalized spacial score (nSPS) is 9.42. The molecule has 0 aliphatic rings. The predicted molar refractivity (Wildman–Crippen MR) is 41.6 cm³/mol. The molecule has 0 saturated carbocycles. The van der Waals surface area contributed by atoms with Crippen LogP contribution in [-0.2, 0) is 13.0 Å². The third-order valence-corrected chi connectivity index (χ3v) is 1.56. The van der Waals surface area contributed by atoms with Gasteiger partial charge in [0.25, 0.3) is 0 Å². The number of halogens is 1. The Hall–Kier alpha value is -1.40. The molecule has 0 bridgehead atoms. The predicted octanol–water partition coefficient (Wildman–Crippen LogP) is 1.38. The van der Waals surface area contributed by atoms with Gasteiger partial charge in [-0.25, -0.2) is 4.39 Å². The van der Waals surface area contributed by atoms with Gasteiger partial charge in [-0.05, 0) is 17.7 Å². The summed E-state index contributed by atoms with van der Waals surface area (Å²) in [5.41, 5.74) is 0.964. The van der Waals surface area contributed by atoms with E-state index < -0.39 is 5.82 Å². The van der Waals surface area contributed by atoms with Crippen LogP contribution in [0.3, 0.4) is 0 Å². The number of benzene rings is 1. The maximum absolute atomic E-state index is 12.8. The fraction of sp³-hybridized carbons (Fsp3) is 0.222. The Kier molecular flexibility index (Phi) is 2.78. The lowest BCUT2D eigenvalue weighted by Gasteiger charge is -2.00. The second-order valence-electron chi connectivity index (χ2n) is 2.42. The summed E-state index contributed by atoms with van der Waals surface area (Å²) in [5.74, 6) is -0.431. The van der Waals surface area contributed by atoms with E-state index >= 15 is 0 Å². The summed E-state index contributed by atoms with van der Waals surface area (Å²) in [6.07, 6.45) is 0.243. The molecule has 0 unspecified atom stereocenters. The molecule has 1 aromatic carbocycles. The Morgan fingerprint density at radius 1 is 1.50 bits per heavy atom. The highest BCUT2D eigenvalue weighted by molar-refractivity contribution is 5.26. The van der Waals surface area contributed by atoms with Crippen molar-refractivity contribution in [3.8, 4) is 6.07 Å². The third kappa shape index (κ3) is 1.80. The van der Waals surface area contributed by atoms with E-state index in [1.165, 1.54) is 18.2 Å². The smallest absolute Gasteiger partial charge is 0.128 e. The largest absolute Gasteiger partial charge is 0.392 e. The Bertz CT molecular complexity index is 317. The van der Waals surface area contributed by atoms with E-state index in [-0.39, 0.29) is 18.6 Å². The highest BCUT2D eigenvalue weighted by atomic mass is 19.1. The standard InChI is InChI=1S/C9H8FNO/c10-9-2-1-7(3-4-11)5-8(9)6-12/h1-2,5,12H,3,6H2. The van der Waals surface area contributed by atoms with Crippen molar-refractivity contribution in [2.24, 2.45) is 0 Å². The Labute approximate surface area is 69.9 Å². The zero-order chi connectivity index (χ0) is 8.97. The molecule has 0 aromatic heterocycles. The average molecular weight is 165 g/mol. The van der Waals surface area contributed by atoms with Gasteiger partial charge in [0.05, 0.1) is 19.1 Å². The summed E-state index contributed by atoms with van der Waals surface area (Å²) in [6.45, 7) is -0.328. The van der Waals surface area contributed by atoms with Gasteiger partial charge in [-0.3, -0.25) is 0 Å². The minimum absolute atomic E-state index is 0.239. The lowest BCUT2D eigenvalue weighted by molar-refractivity contribution is 0.275. The summed E-state index contributed by atoms with van der Waals surface area (Å²) in [4.78, 5) is 0. The van der Waals surface area contributed by atoms with Gasteiger partial charge < -0.3 is 5.11 Å². The molecule has 0 aliphatic heterocycles. The van der Waals surface area contributed by atoms with Crippen LogP contribution in [0.25, 0.3) is 0 Å². The lowest BCUT2D eigenvalue weighted by Crippen LogP contribution is -1.92. The van der Waals surface area contributed by atoms with Gasteiger partial charge in [-0.15, -0.1) is 0 Å². The average Bonchev–Trinajstić information content (AvgIpc) is 2.09. The second kappa shape index (κ2) is 3.84. The summed E-state index contributed by atoms with van der Waals surface area (Å²) in [6, 6.07) is 6.25. The monoisotopic (exact) mass is 165 g/mol. The molecule has 12 heavy (non-hydrogen) atoms. The van der Waals surface area contributed by atoms with Gasteiger partial charge in [0.1, 0.15) is 5.82 Å². The van der Waals surface area contributed by atoms with Crippen LogP contribution in [0.15, 0.2) is 18.2 Å². The van der Waals surface area contributed by atoms with E-state index in [4.69, 9.17) is 10.4 Å². The number of aliphatic hydroxyl groups is 1. The second-order valence-corrected chi connectivity index (χ2v) is 2.42. The van der Waals surface area contributed by atoms with Crippen molar-refractivity contribution in [2.45, 2.75) is 13.0 Å². The SMILES string of the molecule is N#CCc1ccc(F)c(CO)c1. The molecule has 1 aromatic rings. The van der Waals surface area contributed by atoms with Crippen LogP contribution in [0.4, 0.5) is 4.39 Å². The Balaban J connectivity index is 2.98. The van der Waals surface area contributed by atoms with Crippen LogP contribution >= 0.6 is 0 Å². The highest BCUT2D eigenvalue weighted by Gasteiger charge is 2.01. The van der Waals surface area contributed by atoms with Crippen molar-refractivity contribution in [1.29, 1.82) is 5.26 Å². The third-order valence-electron chi connectivity index (χ3n) is 1.56. The molecule has 0 atom stereocenters. The van der Waals surface area contributed by atoms with Gasteiger partial charge in [-0.2, -0.15) is 5.26 Å². The lowest BCUT2D eigenvalue weighted by atomic mass is 10.1. The van der Waals surface area contributed by atoms with Crippen molar-refractivity contribution < 1.29 is 9.50 Å². The number of hydrogen-bond acceptors (Lipinski definition) is 2. The van der Waals surface area contributed by atoms with Crippen LogP contribution in [0.2, 0.25) is 0 Å². The van der Waals surface area contributed by atoms with Crippen LogP contribution in [-0.4, -0.2) is 5.11 Å². The van der Waals surface area contributed by atoms with Crippen LogP contribution < -0.4 is 0 Å². The fourth-order valence-electron chi connectivity index (χ4n) is 0.950. The van der Waals surface area contributed by atoms with Crippen molar-refractivity contribution in [2.75, 3.05) is 0 Å². The van der Waals surface area contributed by atoms with E-state index in [1.54, 1.807) is 0 Å². The fourth-order valence-corrected chi connectivity index (χ4v) is 0.950. The van der Waals surface area contributed by atoms with Gasteiger partial charge in [-0.1, -0.05) is 6.07 Å². The molecular formula is C9H8FNO. The van der Waals surface area contributed by atoms with Gasteiger partial charge in [0.2, 0.25) is 0 Å². The quantitative estimate of drug-likeness (QED) is 0.719. The van der Waals surface area contributed by atoms with Crippen molar-refractivity contribution >= 4 is 0 Å². The summed E-state index contributed by atoms with van der Waals surface area (Å²) in [5, 5.41) is 17.0. The van der Waals surface area contributed by atoms with Crippen molar-refractivity contribution in [3.63, 3.8) is 0 Å². The zero-order valence-electron chi connectivity index (χ0n) is 6.42. The van der Waals surface area contributed by atoms with Crippen molar-refractivity contribution in [3.05, 3.63) is 35.1 Å². The maximum atomic E-state index is 12.8. The van der Waals surface area contributed by atoms with Gasteiger partial charge >= 0.3 is 0 Å². The molecule has 0 fully saturated rings. The zero-order valence-corrected chi connectivity index (χ0v) is 6.42. The molecule has 0 radical (unpaired) electrons.